The molecule has 3 rings (SSSR count). The van der Waals surface area contributed by atoms with Gasteiger partial charge in [-0.3, -0.25) is 9.48 Å². The summed E-state index contributed by atoms with van der Waals surface area (Å²) < 4.78 is 1.81. The largest absolute Gasteiger partial charge is 0.397 e. The smallest absolute Gasteiger partial charge is 0.266 e. The molecule has 5 nitrogen and oxygen atoms in total. The Bertz CT molecular complexity index is 668. The van der Waals surface area contributed by atoms with Crippen molar-refractivity contribution in [3.63, 3.8) is 0 Å². The van der Waals surface area contributed by atoms with Gasteiger partial charge in [0.15, 0.2) is 0 Å². The summed E-state index contributed by atoms with van der Waals surface area (Å²) in [6.07, 6.45) is 3.22. The van der Waals surface area contributed by atoms with Crippen molar-refractivity contribution in [2.75, 3.05) is 12.3 Å². The molecule has 2 aromatic heterocycles. The topological polar surface area (TPSA) is 64.2 Å². The average Bonchev–Trinajstić information content (AvgIpc) is 3.12. The van der Waals surface area contributed by atoms with Crippen molar-refractivity contribution in [1.29, 1.82) is 0 Å². The molecular formula is C14H20N4OS. The van der Waals surface area contributed by atoms with Gasteiger partial charge in [0, 0.05) is 19.6 Å². The summed E-state index contributed by atoms with van der Waals surface area (Å²) in [5.74, 6) is 0.0902. The van der Waals surface area contributed by atoms with Crippen LogP contribution in [0.25, 0.3) is 10.2 Å². The van der Waals surface area contributed by atoms with E-state index in [2.05, 4.69) is 12.0 Å². The van der Waals surface area contributed by atoms with Crippen LogP contribution in [0.5, 0.6) is 0 Å². The van der Waals surface area contributed by atoms with Gasteiger partial charge in [0.25, 0.3) is 5.91 Å². The van der Waals surface area contributed by atoms with E-state index in [1.54, 1.807) is 0 Å². The molecule has 2 N–H and O–H groups in total. The molecule has 0 atom stereocenters. The van der Waals surface area contributed by atoms with Crippen molar-refractivity contribution in [3.8, 4) is 0 Å². The monoisotopic (exact) mass is 292 g/mol. The number of aryl methyl sites for hydroxylation is 2. The van der Waals surface area contributed by atoms with Crippen molar-refractivity contribution < 1.29 is 4.79 Å². The third-order valence-corrected chi connectivity index (χ3v) is 5.05. The molecule has 0 bridgehead atoms. The van der Waals surface area contributed by atoms with Gasteiger partial charge in [0.05, 0.1) is 16.8 Å². The maximum Gasteiger partial charge on any atom is 0.266 e. The van der Waals surface area contributed by atoms with E-state index in [0.717, 1.165) is 41.7 Å². The summed E-state index contributed by atoms with van der Waals surface area (Å²) in [6.45, 7) is 4.85. The number of anilines is 1. The average molecular weight is 292 g/mol. The molecule has 1 aliphatic rings. The minimum absolute atomic E-state index is 0.0902. The van der Waals surface area contributed by atoms with Crippen molar-refractivity contribution in [2.24, 2.45) is 7.05 Å². The van der Waals surface area contributed by atoms with Crippen LogP contribution in [0.15, 0.2) is 0 Å². The molecule has 108 valence electrons. The van der Waals surface area contributed by atoms with Crippen LogP contribution in [-0.2, 0) is 7.05 Å². The second-order valence-electron chi connectivity index (χ2n) is 5.46. The highest BCUT2D eigenvalue weighted by atomic mass is 32.1. The van der Waals surface area contributed by atoms with Crippen LogP contribution < -0.4 is 5.73 Å². The number of hydrogen-bond donors (Lipinski definition) is 1. The Labute approximate surface area is 122 Å². The number of nitrogen functional groups attached to an aromatic ring is 1. The first-order chi connectivity index (χ1) is 9.54. The molecule has 2 aromatic rings. The van der Waals surface area contributed by atoms with Crippen LogP contribution in [0, 0.1) is 6.92 Å². The van der Waals surface area contributed by atoms with E-state index in [1.807, 2.05) is 23.6 Å². The number of carbonyl (C=O) groups is 1. The Balaban J connectivity index is 2.02. The van der Waals surface area contributed by atoms with E-state index < -0.39 is 0 Å². The lowest BCUT2D eigenvalue weighted by molar-refractivity contribution is 0.0749. The number of carbonyl (C=O) groups excluding carboxylic acids is 1. The fourth-order valence-electron chi connectivity index (χ4n) is 2.70. The van der Waals surface area contributed by atoms with Gasteiger partial charge in [-0.25, -0.2) is 0 Å². The molecule has 6 heteroatoms. The molecule has 1 fully saturated rings. The summed E-state index contributed by atoms with van der Waals surface area (Å²) >= 11 is 1.46. The van der Waals surface area contributed by atoms with E-state index in [1.165, 1.54) is 11.3 Å². The highest BCUT2D eigenvalue weighted by Crippen LogP contribution is 2.38. The number of nitrogens with zero attached hydrogens (tertiary/aromatic N) is 3. The fraction of sp³-hybridized carbons (Fsp3) is 0.571. The van der Waals surface area contributed by atoms with E-state index in [9.17, 15) is 4.79 Å². The van der Waals surface area contributed by atoms with E-state index in [-0.39, 0.29) is 5.91 Å². The normalized spacial score (nSPS) is 14.9. The van der Waals surface area contributed by atoms with Gasteiger partial charge in [-0.05, 0) is 26.2 Å². The molecule has 0 saturated heterocycles. The lowest BCUT2D eigenvalue weighted by atomic mass is 10.2. The van der Waals surface area contributed by atoms with Crippen LogP contribution in [0.2, 0.25) is 0 Å². The molecule has 2 heterocycles. The van der Waals surface area contributed by atoms with Gasteiger partial charge in [-0.2, -0.15) is 5.10 Å². The number of aromatic nitrogens is 2. The first-order valence-electron chi connectivity index (χ1n) is 7.07. The lowest BCUT2D eigenvalue weighted by Gasteiger charge is -2.21. The number of hydrogen-bond acceptors (Lipinski definition) is 4. The minimum Gasteiger partial charge on any atom is -0.397 e. The third kappa shape index (κ3) is 1.98. The predicted molar refractivity (Wildman–Crippen MR) is 82.1 cm³/mol. The molecule has 0 radical (unpaired) electrons. The molecule has 1 aliphatic carbocycles. The molecule has 0 aromatic carbocycles. The van der Waals surface area contributed by atoms with Crippen LogP contribution in [-0.4, -0.2) is 33.2 Å². The van der Waals surface area contributed by atoms with Gasteiger partial charge < -0.3 is 10.6 Å². The van der Waals surface area contributed by atoms with E-state index in [4.69, 9.17) is 5.73 Å². The predicted octanol–water partition coefficient (Wildman–Crippen LogP) is 2.54. The van der Waals surface area contributed by atoms with E-state index >= 15 is 0 Å². The Kier molecular flexibility index (Phi) is 3.20. The van der Waals surface area contributed by atoms with Crippen molar-refractivity contribution in [3.05, 3.63) is 10.6 Å². The van der Waals surface area contributed by atoms with Crippen LogP contribution in [0.1, 0.15) is 41.6 Å². The Hall–Kier alpha value is -1.56. The minimum atomic E-state index is 0.0902. The second-order valence-corrected chi connectivity index (χ2v) is 6.46. The van der Waals surface area contributed by atoms with Gasteiger partial charge in [0.1, 0.15) is 9.71 Å². The standard InChI is InChI=1S/C14H20N4OS/c1-4-7-18(9-5-6-9)13(19)12-11(15)10-8(2)16-17(3)14(10)20-12/h9H,4-7,15H2,1-3H3. The third-order valence-electron chi connectivity index (χ3n) is 3.79. The maximum atomic E-state index is 12.8. The number of amides is 1. The number of fused-ring (bicyclic) bond motifs is 1. The SMILES string of the molecule is CCCN(C(=O)c1sc2c(c(C)nn2C)c1N)C1CC1. The molecule has 20 heavy (non-hydrogen) atoms. The zero-order valence-electron chi connectivity index (χ0n) is 12.1. The first kappa shape index (κ1) is 13.4. The number of thiophene rings is 1. The molecule has 1 amide bonds. The molecule has 0 unspecified atom stereocenters. The highest BCUT2D eigenvalue weighted by molar-refractivity contribution is 7.21. The maximum absolute atomic E-state index is 12.8. The quantitative estimate of drug-likeness (QED) is 0.942. The van der Waals surface area contributed by atoms with Crippen LogP contribution >= 0.6 is 11.3 Å². The lowest BCUT2D eigenvalue weighted by Crippen LogP contribution is -2.33. The van der Waals surface area contributed by atoms with Gasteiger partial charge in [0.2, 0.25) is 0 Å². The summed E-state index contributed by atoms with van der Waals surface area (Å²) in [5.41, 5.74) is 7.71. The van der Waals surface area contributed by atoms with Gasteiger partial charge in [-0.15, -0.1) is 11.3 Å². The Morgan fingerprint density at radius 1 is 1.55 bits per heavy atom. The Morgan fingerprint density at radius 3 is 2.80 bits per heavy atom. The molecule has 0 aliphatic heterocycles. The number of rotatable bonds is 4. The molecule has 0 spiro atoms. The van der Waals surface area contributed by atoms with Crippen molar-refractivity contribution in [1.82, 2.24) is 14.7 Å². The van der Waals surface area contributed by atoms with Gasteiger partial charge in [-0.1, -0.05) is 6.92 Å². The first-order valence-corrected chi connectivity index (χ1v) is 7.88. The van der Waals surface area contributed by atoms with Crippen molar-refractivity contribution >= 4 is 33.1 Å². The summed E-state index contributed by atoms with van der Waals surface area (Å²) in [4.78, 5) is 16.4. The molecule has 1 saturated carbocycles. The summed E-state index contributed by atoms with van der Waals surface area (Å²) in [7, 11) is 1.89. The van der Waals surface area contributed by atoms with Crippen LogP contribution in [0.4, 0.5) is 5.69 Å². The van der Waals surface area contributed by atoms with Gasteiger partial charge >= 0.3 is 0 Å². The highest BCUT2D eigenvalue weighted by Gasteiger charge is 2.34. The Morgan fingerprint density at radius 2 is 2.25 bits per heavy atom. The van der Waals surface area contributed by atoms with E-state index in [0.29, 0.717) is 16.6 Å². The second kappa shape index (κ2) is 4.77. The molecular weight excluding hydrogens is 272 g/mol. The number of nitrogens with two attached hydrogens (primary N) is 1. The zero-order chi connectivity index (χ0) is 14.4. The summed E-state index contributed by atoms with van der Waals surface area (Å²) in [6, 6.07) is 0.422. The van der Waals surface area contributed by atoms with Crippen LogP contribution in [0.3, 0.4) is 0 Å². The zero-order valence-corrected chi connectivity index (χ0v) is 13.0. The summed E-state index contributed by atoms with van der Waals surface area (Å²) in [5, 5.41) is 5.30. The van der Waals surface area contributed by atoms with Crippen molar-refractivity contribution in [2.45, 2.75) is 39.2 Å². The fourth-order valence-corrected chi connectivity index (χ4v) is 3.84.